The topological polar surface area (TPSA) is 31.5 Å². The van der Waals surface area contributed by atoms with Crippen molar-refractivity contribution >= 4 is 25.8 Å². The van der Waals surface area contributed by atoms with E-state index < -0.39 is 0 Å². The van der Waals surface area contributed by atoms with Crippen molar-refractivity contribution in [1.29, 1.82) is 0 Å². The molecule has 0 unspecified atom stereocenters. The van der Waals surface area contributed by atoms with Crippen molar-refractivity contribution in [2.45, 2.75) is 0 Å². The van der Waals surface area contributed by atoms with Gasteiger partial charge >= 0.3 is 25.8 Å². The summed E-state index contributed by atoms with van der Waals surface area (Å²) < 4.78 is 0. The summed E-state index contributed by atoms with van der Waals surface area (Å²) in [4.78, 5) is 0. The van der Waals surface area contributed by atoms with Crippen LogP contribution in [0.15, 0.2) is 0 Å². The van der Waals surface area contributed by atoms with Gasteiger partial charge in [0.2, 0.25) is 0 Å². The first-order valence-electron chi connectivity index (χ1n) is 0. The molecule has 4 heteroatoms. The van der Waals surface area contributed by atoms with Crippen molar-refractivity contribution in [2.24, 2.45) is 0 Å². The fourth-order valence-electron chi connectivity index (χ4n) is 0. The Morgan fingerprint density at radius 3 is 1.00 bits per heavy atom. The zero-order valence-electron chi connectivity index (χ0n) is 1.71. The van der Waals surface area contributed by atoms with E-state index in [1.54, 1.807) is 0 Å². The molecular weight excluding hydrogens is 375 g/mol. The molecule has 0 aromatic rings. The van der Waals surface area contributed by atoms with Gasteiger partial charge in [-0.25, -0.2) is 0 Å². The molecule has 0 aliphatic carbocycles. The Kier molecular flexibility index (Phi) is 153. The summed E-state index contributed by atoms with van der Waals surface area (Å²) >= 11 is 0. The summed E-state index contributed by atoms with van der Waals surface area (Å²) in [5, 5.41) is 0. The van der Waals surface area contributed by atoms with E-state index in [1.807, 2.05) is 0 Å². The van der Waals surface area contributed by atoms with Gasteiger partial charge in [0.15, 0.2) is 0 Å². The molecular formula is H5HfInOZn. The van der Waals surface area contributed by atoms with Gasteiger partial charge in [-0.2, -0.15) is 0 Å². The summed E-state index contributed by atoms with van der Waals surface area (Å²) in [5.41, 5.74) is 0. The molecule has 0 aromatic heterocycles. The molecule has 0 rings (SSSR count). The minimum Gasteiger partial charge on any atom is 0 e. The number of rotatable bonds is 0. The zero-order valence-corrected chi connectivity index (χ0v) is 8.27. The molecule has 0 radical (unpaired) electrons. The van der Waals surface area contributed by atoms with E-state index in [0.717, 1.165) is 0 Å². The molecule has 4 heavy (non-hydrogen) atoms. The second kappa shape index (κ2) is 18.4. The van der Waals surface area contributed by atoms with Gasteiger partial charge in [0.05, 0.1) is 0 Å². The molecule has 0 amide bonds. The predicted octanol–water partition coefficient (Wildman–Crippen LogP) is -2.01. The van der Waals surface area contributed by atoms with Crippen LogP contribution in [0, 0.1) is 0 Å². The fourth-order valence-corrected chi connectivity index (χ4v) is 0. The average molecular weight is 380 g/mol. The molecule has 0 saturated carbocycles. The van der Waals surface area contributed by atoms with E-state index in [9.17, 15) is 0 Å². The van der Waals surface area contributed by atoms with Crippen molar-refractivity contribution in [2.75, 3.05) is 0 Å². The summed E-state index contributed by atoms with van der Waals surface area (Å²) in [7, 11) is 0. The van der Waals surface area contributed by atoms with Crippen LogP contribution in [0.25, 0.3) is 0 Å². The van der Waals surface area contributed by atoms with E-state index in [1.165, 1.54) is 0 Å². The van der Waals surface area contributed by atoms with Gasteiger partial charge in [-0.3, -0.25) is 0 Å². The van der Waals surface area contributed by atoms with Crippen LogP contribution in [0.1, 0.15) is 0 Å². The molecule has 20 valence electrons. The van der Waals surface area contributed by atoms with Crippen LogP contribution in [0.4, 0.5) is 0 Å². The van der Waals surface area contributed by atoms with Gasteiger partial charge in [0.25, 0.3) is 0 Å². The second-order valence-corrected chi connectivity index (χ2v) is 0. The SMILES string of the molecule is O.[Hf].[InH3].[Zn]. The number of hydrogen-bond donors (Lipinski definition) is 0. The first kappa shape index (κ1) is 33.2. The molecule has 0 aliphatic heterocycles. The van der Waals surface area contributed by atoms with E-state index in [4.69, 9.17) is 0 Å². The third kappa shape index (κ3) is 8.85. The third-order valence-corrected chi connectivity index (χ3v) is 0. The first-order chi connectivity index (χ1) is 0. The van der Waals surface area contributed by atoms with Gasteiger partial charge in [0.1, 0.15) is 0 Å². The standard InChI is InChI=1S/Hf.In.H2O.Zn.3H/h;;1H2;;;;. The van der Waals surface area contributed by atoms with E-state index in [0.29, 0.717) is 0 Å². The molecule has 2 N–H and O–H groups in total. The largest absolute Gasteiger partial charge is 0 e. The Hall–Kier alpha value is 2.32. The Labute approximate surface area is 75.5 Å². The smallest absolute Gasteiger partial charge is 0 e. The molecule has 0 spiro atoms. The van der Waals surface area contributed by atoms with Gasteiger partial charge < -0.3 is 5.48 Å². The Morgan fingerprint density at radius 2 is 1.00 bits per heavy atom. The molecule has 0 bridgehead atoms. The van der Waals surface area contributed by atoms with Crippen LogP contribution in [0.5, 0.6) is 0 Å². The monoisotopic (exact) mass is 380 g/mol. The molecule has 0 aliphatic rings. The summed E-state index contributed by atoms with van der Waals surface area (Å²) in [5.74, 6) is 0. The summed E-state index contributed by atoms with van der Waals surface area (Å²) in [6.45, 7) is 0. The van der Waals surface area contributed by atoms with E-state index in [-0.39, 0.29) is 76.6 Å². The maximum atomic E-state index is 0. The van der Waals surface area contributed by atoms with Crippen molar-refractivity contribution in [3.63, 3.8) is 0 Å². The molecule has 0 heterocycles. The van der Waals surface area contributed by atoms with Crippen LogP contribution in [0.3, 0.4) is 0 Å². The normalized spacial score (nSPS) is 0. The van der Waals surface area contributed by atoms with Crippen molar-refractivity contribution in [1.82, 2.24) is 0 Å². The van der Waals surface area contributed by atoms with Gasteiger partial charge in [-0.15, -0.1) is 0 Å². The van der Waals surface area contributed by atoms with Crippen molar-refractivity contribution in [3.05, 3.63) is 0 Å². The van der Waals surface area contributed by atoms with Gasteiger partial charge in [-0.05, 0) is 0 Å². The predicted molar refractivity (Wildman–Crippen MR) is 13.6 cm³/mol. The average Bonchev–Trinajstić information content (AvgIpc) is 0. The zero-order chi connectivity index (χ0) is 0. The van der Waals surface area contributed by atoms with E-state index >= 15 is 0 Å². The quantitative estimate of drug-likeness (QED) is 0.436. The molecule has 0 atom stereocenters. The Morgan fingerprint density at radius 1 is 1.00 bits per heavy atom. The van der Waals surface area contributed by atoms with E-state index in [2.05, 4.69) is 0 Å². The van der Waals surface area contributed by atoms with Gasteiger partial charge in [-0.1, -0.05) is 0 Å². The summed E-state index contributed by atoms with van der Waals surface area (Å²) in [6, 6.07) is 0. The maximum Gasteiger partial charge on any atom is 0 e. The molecule has 0 saturated heterocycles. The Balaban J connectivity index is 0. The van der Waals surface area contributed by atoms with Crippen LogP contribution >= 0.6 is 0 Å². The maximum absolute atomic E-state index is 0. The molecule has 1 nitrogen and oxygen atoms in total. The molecule has 0 fully saturated rings. The van der Waals surface area contributed by atoms with Gasteiger partial charge in [0, 0.05) is 45.3 Å². The fraction of sp³-hybridized carbons (Fsp3) is 0. The number of hydrogen-bond acceptors (Lipinski definition) is 0. The van der Waals surface area contributed by atoms with Crippen LogP contribution in [0.2, 0.25) is 0 Å². The minimum atomic E-state index is 0. The van der Waals surface area contributed by atoms with Crippen LogP contribution < -0.4 is 0 Å². The van der Waals surface area contributed by atoms with Crippen LogP contribution in [-0.4, -0.2) is 31.3 Å². The van der Waals surface area contributed by atoms with Crippen LogP contribution in [-0.2, 0) is 45.3 Å². The minimum absolute atomic E-state index is 0. The molecule has 0 aromatic carbocycles. The summed E-state index contributed by atoms with van der Waals surface area (Å²) in [6.07, 6.45) is 0. The van der Waals surface area contributed by atoms with Crippen molar-refractivity contribution in [3.8, 4) is 0 Å². The first-order valence-corrected chi connectivity index (χ1v) is 0. The third-order valence-electron chi connectivity index (χ3n) is 0. The Bertz CT molecular complexity index is 8.00. The second-order valence-electron chi connectivity index (χ2n) is 0. The van der Waals surface area contributed by atoms with Crippen molar-refractivity contribution < 1.29 is 50.8 Å².